The molecule has 0 aromatic carbocycles. The highest BCUT2D eigenvalue weighted by atomic mass is 32.1. The summed E-state index contributed by atoms with van der Waals surface area (Å²) in [7, 11) is 0. The normalized spacial score (nSPS) is 21.7. The minimum absolute atomic E-state index is 0.0939. The predicted molar refractivity (Wildman–Crippen MR) is 52.6 cm³/mol. The molecule has 1 unspecified atom stereocenters. The molecule has 1 amide bonds. The third kappa shape index (κ3) is 2.14. The summed E-state index contributed by atoms with van der Waals surface area (Å²) in [6, 6.07) is -0.270. The Morgan fingerprint density at radius 1 is 1.80 bits per heavy atom. The van der Waals surface area contributed by atoms with Gasteiger partial charge in [0.2, 0.25) is 0 Å². The van der Waals surface area contributed by atoms with Crippen LogP contribution in [0.5, 0.6) is 0 Å². The van der Waals surface area contributed by atoms with Crippen LogP contribution in [0.2, 0.25) is 0 Å². The molecule has 1 fully saturated rings. The number of carbonyl (C=O) groups is 1. The SMILES string of the molecule is O=C(c1cnsn1)N1CCOCC1CO. The summed E-state index contributed by atoms with van der Waals surface area (Å²) in [6.45, 7) is 1.27. The molecule has 0 aliphatic carbocycles. The van der Waals surface area contributed by atoms with E-state index in [0.717, 1.165) is 11.7 Å². The van der Waals surface area contributed by atoms with E-state index < -0.39 is 0 Å². The van der Waals surface area contributed by atoms with Gasteiger partial charge in [0.1, 0.15) is 0 Å². The van der Waals surface area contributed by atoms with Crippen molar-refractivity contribution in [3.05, 3.63) is 11.9 Å². The summed E-state index contributed by atoms with van der Waals surface area (Å²) in [4.78, 5) is 13.5. The number of rotatable bonds is 2. The number of morpholine rings is 1. The highest BCUT2D eigenvalue weighted by molar-refractivity contribution is 6.99. The summed E-state index contributed by atoms with van der Waals surface area (Å²) in [5.41, 5.74) is 0.334. The fourth-order valence-electron chi connectivity index (χ4n) is 1.48. The molecule has 1 aliphatic rings. The lowest BCUT2D eigenvalue weighted by atomic mass is 10.2. The first kappa shape index (κ1) is 10.5. The van der Waals surface area contributed by atoms with E-state index in [1.807, 2.05) is 0 Å². The third-order valence-electron chi connectivity index (χ3n) is 2.28. The van der Waals surface area contributed by atoms with Crippen molar-refractivity contribution >= 4 is 17.6 Å². The maximum Gasteiger partial charge on any atom is 0.275 e. The molecular formula is C8H11N3O3S. The van der Waals surface area contributed by atoms with Crippen LogP contribution in [0.4, 0.5) is 0 Å². The lowest BCUT2D eigenvalue weighted by Gasteiger charge is -2.33. The molecule has 15 heavy (non-hydrogen) atoms. The van der Waals surface area contributed by atoms with Gasteiger partial charge in [0.05, 0.1) is 43.8 Å². The van der Waals surface area contributed by atoms with E-state index in [0.29, 0.717) is 25.5 Å². The molecule has 0 radical (unpaired) electrons. The highest BCUT2D eigenvalue weighted by Gasteiger charge is 2.28. The summed E-state index contributed by atoms with van der Waals surface area (Å²) in [6.07, 6.45) is 1.44. The van der Waals surface area contributed by atoms with Crippen LogP contribution in [0, 0.1) is 0 Å². The average Bonchev–Trinajstić information content (AvgIpc) is 2.81. The molecular weight excluding hydrogens is 218 g/mol. The van der Waals surface area contributed by atoms with E-state index in [4.69, 9.17) is 9.84 Å². The molecule has 82 valence electrons. The third-order valence-corrected chi connectivity index (χ3v) is 2.76. The molecule has 6 nitrogen and oxygen atoms in total. The fourth-order valence-corrected chi connectivity index (χ4v) is 1.89. The van der Waals surface area contributed by atoms with Crippen LogP contribution in [0.25, 0.3) is 0 Å². The second-order valence-corrected chi connectivity index (χ2v) is 3.76. The van der Waals surface area contributed by atoms with Crippen molar-refractivity contribution in [2.45, 2.75) is 6.04 Å². The van der Waals surface area contributed by atoms with Crippen molar-refractivity contribution in [3.63, 3.8) is 0 Å². The van der Waals surface area contributed by atoms with Crippen LogP contribution < -0.4 is 0 Å². The standard InChI is InChI=1S/C8H11N3O3S/c12-4-6-5-14-2-1-11(6)8(13)7-3-9-15-10-7/h3,6,12H,1-2,4-5H2. The summed E-state index contributed by atoms with van der Waals surface area (Å²) in [5, 5.41) is 9.10. The number of ether oxygens (including phenoxy) is 1. The van der Waals surface area contributed by atoms with Crippen LogP contribution in [0.15, 0.2) is 6.20 Å². The zero-order chi connectivity index (χ0) is 10.7. The molecule has 0 saturated carbocycles. The van der Waals surface area contributed by atoms with Gasteiger partial charge in [0, 0.05) is 6.54 Å². The second kappa shape index (κ2) is 4.65. The molecule has 7 heteroatoms. The van der Waals surface area contributed by atoms with Crippen molar-refractivity contribution in [2.75, 3.05) is 26.4 Å². The Bertz CT molecular complexity index is 330. The number of aliphatic hydroxyl groups is 1. The van der Waals surface area contributed by atoms with Gasteiger partial charge in [-0.2, -0.15) is 8.75 Å². The Labute approximate surface area is 90.8 Å². The maximum atomic E-state index is 11.9. The van der Waals surface area contributed by atoms with Gasteiger partial charge in [0.15, 0.2) is 5.69 Å². The van der Waals surface area contributed by atoms with Crippen LogP contribution >= 0.6 is 11.7 Å². The summed E-state index contributed by atoms with van der Waals surface area (Å²) < 4.78 is 12.8. The molecule has 1 aromatic rings. The van der Waals surface area contributed by atoms with Crippen LogP contribution in [-0.4, -0.2) is 57.1 Å². The highest BCUT2D eigenvalue weighted by Crippen LogP contribution is 2.10. The van der Waals surface area contributed by atoms with Gasteiger partial charge in [-0.15, -0.1) is 0 Å². The average molecular weight is 229 g/mol. The van der Waals surface area contributed by atoms with Crippen molar-refractivity contribution in [3.8, 4) is 0 Å². The smallest absolute Gasteiger partial charge is 0.275 e. The van der Waals surface area contributed by atoms with Crippen LogP contribution in [0.3, 0.4) is 0 Å². The number of carbonyl (C=O) groups excluding carboxylic acids is 1. The van der Waals surface area contributed by atoms with E-state index in [-0.39, 0.29) is 18.6 Å². The van der Waals surface area contributed by atoms with Crippen molar-refractivity contribution in [1.82, 2.24) is 13.6 Å². The molecule has 1 saturated heterocycles. The van der Waals surface area contributed by atoms with Gasteiger partial charge < -0.3 is 14.7 Å². The summed E-state index contributed by atoms with van der Waals surface area (Å²) in [5.74, 6) is -0.189. The Morgan fingerprint density at radius 3 is 3.33 bits per heavy atom. The first-order valence-electron chi connectivity index (χ1n) is 4.60. The minimum Gasteiger partial charge on any atom is -0.394 e. The molecule has 2 rings (SSSR count). The number of hydrogen-bond donors (Lipinski definition) is 1. The topological polar surface area (TPSA) is 75.6 Å². The Hall–Kier alpha value is -1.05. The van der Waals surface area contributed by atoms with Crippen LogP contribution in [0.1, 0.15) is 10.5 Å². The first-order chi connectivity index (χ1) is 7.33. The number of aliphatic hydroxyl groups excluding tert-OH is 1. The molecule has 1 aliphatic heterocycles. The zero-order valence-corrected chi connectivity index (χ0v) is 8.81. The Morgan fingerprint density at radius 2 is 2.67 bits per heavy atom. The number of hydrogen-bond acceptors (Lipinski definition) is 6. The summed E-state index contributed by atoms with van der Waals surface area (Å²) >= 11 is 0.999. The van der Waals surface area contributed by atoms with Gasteiger partial charge in [0.25, 0.3) is 5.91 Å². The van der Waals surface area contributed by atoms with E-state index >= 15 is 0 Å². The van der Waals surface area contributed by atoms with Crippen molar-refractivity contribution in [2.24, 2.45) is 0 Å². The zero-order valence-electron chi connectivity index (χ0n) is 8.00. The van der Waals surface area contributed by atoms with Gasteiger partial charge in [-0.05, 0) is 0 Å². The molecule has 1 atom stereocenters. The predicted octanol–water partition coefficient (Wildman–Crippen LogP) is -0.629. The number of nitrogens with zero attached hydrogens (tertiary/aromatic N) is 3. The lowest BCUT2D eigenvalue weighted by molar-refractivity contribution is -0.0186. The van der Waals surface area contributed by atoms with Gasteiger partial charge in [-0.3, -0.25) is 4.79 Å². The monoisotopic (exact) mass is 229 g/mol. The van der Waals surface area contributed by atoms with Crippen LogP contribution in [-0.2, 0) is 4.74 Å². The quantitative estimate of drug-likeness (QED) is 0.731. The largest absolute Gasteiger partial charge is 0.394 e. The molecule has 2 heterocycles. The van der Waals surface area contributed by atoms with E-state index in [2.05, 4.69) is 8.75 Å². The second-order valence-electron chi connectivity index (χ2n) is 3.20. The van der Waals surface area contributed by atoms with E-state index in [1.165, 1.54) is 6.20 Å². The van der Waals surface area contributed by atoms with Crippen molar-refractivity contribution < 1.29 is 14.6 Å². The van der Waals surface area contributed by atoms with Gasteiger partial charge in [-0.1, -0.05) is 0 Å². The number of amides is 1. The molecule has 0 bridgehead atoms. The molecule has 1 aromatic heterocycles. The van der Waals surface area contributed by atoms with Gasteiger partial charge >= 0.3 is 0 Å². The lowest BCUT2D eigenvalue weighted by Crippen LogP contribution is -2.50. The van der Waals surface area contributed by atoms with E-state index in [9.17, 15) is 4.79 Å². The van der Waals surface area contributed by atoms with Gasteiger partial charge in [-0.25, -0.2) is 0 Å². The Balaban J connectivity index is 2.11. The fraction of sp³-hybridized carbons (Fsp3) is 0.625. The van der Waals surface area contributed by atoms with Crippen molar-refractivity contribution in [1.29, 1.82) is 0 Å². The molecule has 0 spiro atoms. The minimum atomic E-state index is -0.270. The maximum absolute atomic E-state index is 11.9. The van der Waals surface area contributed by atoms with E-state index in [1.54, 1.807) is 4.90 Å². The Kier molecular flexibility index (Phi) is 3.24. The first-order valence-corrected chi connectivity index (χ1v) is 5.33. The molecule has 1 N–H and O–H groups in total. The number of aromatic nitrogens is 2.